The lowest BCUT2D eigenvalue weighted by Crippen LogP contribution is -2.10. The molecule has 2 heterocycles. The fourth-order valence-electron chi connectivity index (χ4n) is 4.38. The van der Waals surface area contributed by atoms with Crippen LogP contribution in [0.5, 0.6) is 0 Å². The first-order chi connectivity index (χ1) is 18.6. The standard InChI is InChI=1S/C29H28ClFN6O/c1-2-3-8-27-32-28(30)26(19-38-18-21-11-15-23(31)16-12-21)37(27)17-20-9-13-22(14-10-20)24-6-4-5-7-25(24)29-33-35-36-34-29/h4-7,9-16H,2-3,8,17-19H2,1H3,(H,33,34,35,36). The summed E-state index contributed by atoms with van der Waals surface area (Å²) >= 11 is 6.59. The zero-order chi connectivity index (χ0) is 26.3. The number of aromatic amines is 1. The number of aromatic nitrogens is 6. The third-order valence-corrected chi connectivity index (χ3v) is 6.70. The molecule has 0 atom stereocenters. The van der Waals surface area contributed by atoms with Crippen LogP contribution in [-0.4, -0.2) is 30.2 Å². The molecule has 0 unspecified atom stereocenters. The number of H-pyrrole nitrogens is 1. The largest absolute Gasteiger partial charge is 0.370 e. The number of tetrazole rings is 1. The van der Waals surface area contributed by atoms with Crippen LogP contribution in [0.3, 0.4) is 0 Å². The van der Waals surface area contributed by atoms with E-state index in [0.29, 0.717) is 30.7 Å². The van der Waals surface area contributed by atoms with Crippen molar-refractivity contribution >= 4 is 11.6 Å². The predicted octanol–water partition coefficient (Wildman–Crippen LogP) is 6.63. The predicted molar refractivity (Wildman–Crippen MR) is 145 cm³/mol. The first kappa shape index (κ1) is 25.8. The molecule has 1 N–H and O–H groups in total. The van der Waals surface area contributed by atoms with Crippen LogP contribution in [0.1, 0.15) is 42.4 Å². The molecule has 194 valence electrons. The molecule has 38 heavy (non-hydrogen) atoms. The smallest absolute Gasteiger partial charge is 0.205 e. The van der Waals surface area contributed by atoms with Gasteiger partial charge in [0, 0.05) is 18.5 Å². The number of hydrogen-bond donors (Lipinski definition) is 1. The lowest BCUT2D eigenvalue weighted by molar-refractivity contribution is 0.102. The number of benzene rings is 3. The molecule has 5 aromatic rings. The van der Waals surface area contributed by atoms with E-state index in [2.05, 4.69) is 67.4 Å². The van der Waals surface area contributed by atoms with Crippen molar-refractivity contribution in [3.8, 4) is 22.5 Å². The summed E-state index contributed by atoms with van der Waals surface area (Å²) in [6.07, 6.45) is 2.93. The average molecular weight is 531 g/mol. The number of unbranched alkanes of at least 4 members (excludes halogenated alkanes) is 1. The number of ether oxygens (including phenoxy) is 1. The van der Waals surface area contributed by atoms with E-state index in [1.807, 2.05) is 18.2 Å². The minimum atomic E-state index is -0.264. The number of nitrogens with one attached hydrogen (secondary N) is 1. The van der Waals surface area contributed by atoms with E-state index >= 15 is 0 Å². The van der Waals surface area contributed by atoms with Gasteiger partial charge in [0.25, 0.3) is 0 Å². The maximum Gasteiger partial charge on any atom is 0.205 e. The molecular formula is C29H28ClFN6O. The van der Waals surface area contributed by atoms with Gasteiger partial charge >= 0.3 is 0 Å². The van der Waals surface area contributed by atoms with Crippen molar-refractivity contribution in [2.75, 3.05) is 0 Å². The molecule has 0 radical (unpaired) electrons. The van der Waals surface area contributed by atoms with Gasteiger partial charge in [-0.1, -0.05) is 85.6 Å². The Hall–Kier alpha value is -3.88. The van der Waals surface area contributed by atoms with Crippen molar-refractivity contribution in [3.63, 3.8) is 0 Å². The van der Waals surface area contributed by atoms with E-state index < -0.39 is 0 Å². The molecule has 0 amide bonds. The Morgan fingerprint density at radius 1 is 0.921 bits per heavy atom. The lowest BCUT2D eigenvalue weighted by atomic mass is 9.98. The van der Waals surface area contributed by atoms with Crippen molar-refractivity contribution in [1.82, 2.24) is 30.2 Å². The Balaban J connectivity index is 1.36. The van der Waals surface area contributed by atoms with Crippen LogP contribution >= 0.6 is 11.6 Å². The summed E-state index contributed by atoms with van der Waals surface area (Å²) in [4.78, 5) is 4.66. The van der Waals surface area contributed by atoms with Gasteiger partial charge in [-0.3, -0.25) is 0 Å². The third kappa shape index (κ3) is 5.98. The highest BCUT2D eigenvalue weighted by Crippen LogP contribution is 2.30. The number of rotatable bonds is 11. The second-order valence-corrected chi connectivity index (χ2v) is 9.41. The van der Waals surface area contributed by atoms with Gasteiger partial charge in [-0.2, -0.15) is 5.21 Å². The summed E-state index contributed by atoms with van der Waals surface area (Å²) in [5.74, 6) is 1.24. The highest BCUT2D eigenvalue weighted by atomic mass is 35.5. The van der Waals surface area contributed by atoms with E-state index in [4.69, 9.17) is 16.3 Å². The maximum atomic E-state index is 13.2. The van der Waals surface area contributed by atoms with E-state index in [0.717, 1.165) is 58.6 Å². The third-order valence-electron chi connectivity index (χ3n) is 6.40. The zero-order valence-electron chi connectivity index (χ0n) is 21.1. The second kappa shape index (κ2) is 12.1. The number of nitrogens with zero attached hydrogens (tertiary/aromatic N) is 5. The molecule has 7 nitrogen and oxygen atoms in total. The van der Waals surface area contributed by atoms with Crippen LogP contribution in [0.2, 0.25) is 5.15 Å². The molecule has 0 aliphatic heterocycles. The average Bonchev–Trinajstić information content (AvgIpc) is 3.58. The number of imidazole rings is 1. The summed E-state index contributed by atoms with van der Waals surface area (Å²) in [7, 11) is 0. The Morgan fingerprint density at radius 2 is 1.66 bits per heavy atom. The fraction of sp³-hybridized carbons (Fsp3) is 0.241. The molecule has 5 rings (SSSR count). The molecule has 0 saturated carbocycles. The van der Waals surface area contributed by atoms with E-state index in [9.17, 15) is 4.39 Å². The van der Waals surface area contributed by atoms with Crippen LogP contribution in [0.4, 0.5) is 4.39 Å². The second-order valence-electron chi connectivity index (χ2n) is 9.05. The van der Waals surface area contributed by atoms with Gasteiger partial charge in [-0.05, 0) is 46.0 Å². The lowest BCUT2D eigenvalue weighted by Gasteiger charge is -2.14. The maximum absolute atomic E-state index is 13.2. The summed E-state index contributed by atoms with van der Waals surface area (Å²) in [6.45, 7) is 3.46. The quantitative estimate of drug-likeness (QED) is 0.207. The van der Waals surface area contributed by atoms with Crippen molar-refractivity contribution in [3.05, 3.63) is 106 Å². The van der Waals surface area contributed by atoms with Crippen molar-refractivity contribution < 1.29 is 9.13 Å². The number of hydrogen-bond acceptors (Lipinski definition) is 5. The summed E-state index contributed by atoms with van der Waals surface area (Å²) in [5, 5.41) is 15.0. The minimum absolute atomic E-state index is 0.264. The summed E-state index contributed by atoms with van der Waals surface area (Å²) in [6, 6.07) is 22.7. The van der Waals surface area contributed by atoms with E-state index in [1.54, 1.807) is 12.1 Å². The van der Waals surface area contributed by atoms with Gasteiger partial charge in [0.1, 0.15) is 11.6 Å². The molecule has 3 aromatic carbocycles. The summed E-state index contributed by atoms with van der Waals surface area (Å²) in [5.41, 5.74) is 5.87. The molecule has 0 fully saturated rings. The number of aryl methyl sites for hydroxylation is 1. The normalized spacial score (nSPS) is 11.2. The van der Waals surface area contributed by atoms with E-state index in [-0.39, 0.29) is 5.82 Å². The van der Waals surface area contributed by atoms with Crippen molar-refractivity contribution in [1.29, 1.82) is 0 Å². The highest BCUT2D eigenvalue weighted by Gasteiger charge is 2.17. The molecule has 0 aliphatic rings. The first-order valence-corrected chi connectivity index (χ1v) is 13.0. The molecule has 2 aromatic heterocycles. The minimum Gasteiger partial charge on any atom is -0.370 e. The molecule has 9 heteroatoms. The van der Waals surface area contributed by atoms with Gasteiger partial charge in [-0.15, -0.1) is 10.2 Å². The zero-order valence-corrected chi connectivity index (χ0v) is 21.8. The van der Waals surface area contributed by atoms with Crippen molar-refractivity contribution in [2.24, 2.45) is 0 Å². The van der Waals surface area contributed by atoms with Crippen LogP contribution < -0.4 is 0 Å². The van der Waals surface area contributed by atoms with Crippen LogP contribution in [0.25, 0.3) is 22.5 Å². The fourth-order valence-corrected chi connectivity index (χ4v) is 4.63. The molecule has 0 saturated heterocycles. The van der Waals surface area contributed by atoms with Gasteiger partial charge in [-0.25, -0.2) is 9.37 Å². The monoisotopic (exact) mass is 530 g/mol. The molecule has 0 spiro atoms. The van der Waals surface area contributed by atoms with Gasteiger partial charge < -0.3 is 9.30 Å². The SMILES string of the molecule is CCCCc1nc(Cl)c(COCc2ccc(F)cc2)n1Cc1ccc(-c2ccccc2-c2nn[nH]n2)cc1. The van der Waals surface area contributed by atoms with Gasteiger partial charge in [0.2, 0.25) is 5.82 Å². The summed E-state index contributed by atoms with van der Waals surface area (Å²) < 4.78 is 21.3. The Bertz CT molecular complexity index is 1470. The van der Waals surface area contributed by atoms with Crippen LogP contribution in [-0.2, 0) is 30.9 Å². The Kier molecular flexibility index (Phi) is 8.21. The van der Waals surface area contributed by atoms with Gasteiger partial charge in [0.05, 0.1) is 18.9 Å². The van der Waals surface area contributed by atoms with Crippen LogP contribution in [0, 0.1) is 5.82 Å². The topological polar surface area (TPSA) is 81.5 Å². The Labute approximate surface area is 225 Å². The van der Waals surface area contributed by atoms with Gasteiger partial charge in [0.15, 0.2) is 5.15 Å². The van der Waals surface area contributed by atoms with Crippen LogP contribution in [0.15, 0.2) is 72.8 Å². The number of halogens is 2. The highest BCUT2D eigenvalue weighted by molar-refractivity contribution is 6.30. The van der Waals surface area contributed by atoms with E-state index in [1.165, 1.54) is 12.1 Å². The Morgan fingerprint density at radius 3 is 2.37 bits per heavy atom. The molecular weight excluding hydrogens is 503 g/mol. The molecule has 0 bridgehead atoms. The van der Waals surface area contributed by atoms with Crippen molar-refractivity contribution in [2.45, 2.75) is 45.9 Å². The molecule has 0 aliphatic carbocycles. The first-order valence-electron chi connectivity index (χ1n) is 12.6.